The quantitative estimate of drug-likeness (QED) is 0.866. The van der Waals surface area contributed by atoms with Gasteiger partial charge in [-0.25, -0.2) is 8.42 Å². The molecule has 130 valence electrons. The van der Waals surface area contributed by atoms with E-state index in [2.05, 4.69) is 15.5 Å². The van der Waals surface area contributed by atoms with E-state index in [1.54, 1.807) is 13.8 Å². The number of hydrogen-bond acceptors (Lipinski definition) is 4. The Kier molecular flexibility index (Phi) is 4.86. The molecule has 1 fully saturated rings. The second-order valence-corrected chi connectivity index (χ2v) is 9.08. The van der Waals surface area contributed by atoms with E-state index in [1.165, 1.54) is 4.31 Å². The van der Waals surface area contributed by atoms with Crippen LogP contribution in [-0.2, 0) is 14.8 Å². The highest BCUT2D eigenvalue weighted by molar-refractivity contribution is 7.89. The van der Waals surface area contributed by atoms with Crippen LogP contribution >= 0.6 is 0 Å². The van der Waals surface area contributed by atoms with Crippen molar-refractivity contribution >= 4 is 15.9 Å². The van der Waals surface area contributed by atoms with Gasteiger partial charge >= 0.3 is 0 Å². The number of aromatic amines is 1. The Balaban J connectivity index is 2.20. The van der Waals surface area contributed by atoms with Gasteiger partial charge in [-0.2, -0.15) is 9.40 Å². The molecule has 1 amide bonds. The second-order valence-electron chi connectivity index (χ2n) is 7.20. The maximum absolute atomic E-state index is 12.9. The van der Waals surface area contributed by atoms with Gasteiger partial charge in [-0.1, -0.05) is 0 Å². The number of carbonyl (C=O) groups is 1. The largest absolute Gasteiger partial charge is 0.351 e. The lowest BCUT2D eigenvalue weighted by atomic mass is 9.97. The van der Waals surface area contributed by atoms with Crippen LogP contribution in [0.4, 0.5) is 0 Å². The molecule has 0 saturated carbocycles. The number of sulfonamides is 1. The molecule has 1 aromatic heterocycles. The molecule has 2 N–H and O–H groups in total. The van der Waals surface area contributed by atoms with Crippen molar-refractivity contribution in [1.29, 1.82) is 0 Å². The molecular weight excluding hydrogens is 316 g/mol. The number of H-pyrrole nitrogens is 1. The minimum atomic E-state index is -3.63. The molecule has 2 rings (SSSR count). The van der Waals surface area contributed by atoms with Gasteiger partial charge in [0, 0.05) is 18.6 Å². The van der Waals surface area contributed by atoms with E-state index in [0.29, 0.717) is 30.8 Å². The lowest BCUT2D eigenvalue weighted by molar-refractivity contribution is -0.127. The van der Waals surface area contributed by atoms with Gasteiger partial charge in [0.25, 0.3) is 0 Å². The average Bonchev–Trinajstić information content (AvgIpc) is 2.77. The molecule has 7 nitrogen and oxygen atoms in total. The number of amides is 1. The average molecular weight is 342 g/mol. The Bertz CT molecular complexity index is 669. The fourth-order valence-corrected chi connectivity index (χ4v) is 4.75. The SMILES string of the molecule is Cc1n[nH]c(C)c1S(=O)(=O)N1CCCC(C(=O)NC(C)(C)C)C1. The summed E-state index contributed by atoms with van der Waals surface area (Å²) < 4.78 is 27.2. The Hall–Kier alpha value is -1.41. The lowest BCUT2D eigenvalue weighted by Gasteiger charge is -2.33. The standard InChI is InChI=1S/C15H26N4O3S/c1-10-13(11(2)18-17-10)23(21,22)19-8-6-7-12(9-19)14(20)16-15(3,4)5/h12H,6-9H2,1-5H3,(H,16,20)(H,17,18). The van der Waals surface area contributed by atoms with Crippen molar-refractivity contribution in [3.63, 3.8) is 0 Å². The number of nitrogens with one attached hydrogen (secondary N) is 2. The lowest BCUT2D eigenvalue weighted by Crippen LogP contribution is -2.49. The summed E-state index contributed by atoms with van der Waals surface area (Å²) in [5.41, 5.74) is 0.670. The first kappa shape index (κ1) is 17.9. The van der Waals surface area contributed by atoms with Crippen LogP contribution in [0.5, 0.6) is 0 Å². The molecule has 1 atom stereocenters. The molecule has 8 heteroatoms. The second kappa shape index (κ2) is 6.24. The van der Waals surface area contributed by atoms with Crippen molar-refractivity contribution < 1.29 is 13.2 Å². The van der Waals surface area contributed by atoms with Gasteiger partial charge in [0.2, 0.25) is 15.9 Å². The molecule has 1 unspecified atom stereocenters. The molecule has 0 aromatic carbocycles. The van der Waals surface area contributed by atoms with Crippen molar-refractivity contribution in [2.45, 2.75) is 57.9 Å². The summed E-state index contributed by atoms with van der Waals surface area (Å²) in [5, 5.41) is 9.62. The van der Waals surface area contributed by atoms with Crippen LogP contribution in [0.1, 0.15) is 45.0 Å². The van der Waals surface area contributed by atoms with Crippen LogP contribution in [0.15, 0.2) is 4.90 Å². The van der Waals surface area contributed by atoms with E-state index in [9.17, 15) is 13.2 Å². The smallest absolute Gasteiger partial charge is 0.246 e. The molecule has 0 aliphatic carbocycles. The number of carbonyl (C=O) groups excluding carboxylic acids is 1. The van der Waals surface area contributed by atoms with Gasteiger partial charge in [0.1, 0.15) is 4.90 Å². The molecule has 0 bridgehead atoms. The molecule has 2 heterocycles. The van der Waals surface area contributed by atoms with E-state index in [-0.39, 0.29) is 28.8 Å². The van der Waals surface area contributed by atoms with Crippen molar-refractivity contribution in [3.05, 3.63) is 11.4 Å². The minimum absolute atomic E-state index is 0.0852. The summed E-state index contributed by atoms with van der Waals surface area (Å²) in [6, 6.07) is 0. The minimum Gasteiger partial charge on any atom is -0.351 e. The van der Waals surface area contributed by atoms with Crippen molar-refractivity contribution in [3.8, 4) is 0 Å². The summed E-state index contributed by atoms with van der Waals surface area (Å²) in [6.07, 6.45) is 1.38. The maximum Gasteiger partial charge on any atom is 0.246 e. The number of piperidine rings is 1. The van der Waals surface area contributed by atoms with E-state index in [1.807, 2.05) is 20.8 Å². The highest BCUT2D eigenvalue weighted by Gasteiger charge is 2.36. The monoisotopic (exact) mass is 342 g/mol. The van der Waals surface area contributed by atoms with E-state index < -0.39 is 10.0 Å². The number of nitrogens with zero attached hydrogens (tertiary/aromatic N) is 2. The van der Waals surface area contributed by atoms with E-state index in [4.69, 9.17) is 0 Å². The maximum atomic E-state index is 12.9. The Morgan fingerprint density at radius 3 is 2.52 bits per heavy atom. The third kappa shape index (κ3) is 3.92. The summed E-state index contributed by atoms with van der Waals surface area (Å²) in [5.74, 6) is -0.400. The number of rotatable bonds is 3. The summed E-state index contributed by atoms with van der Waals surface area (Å²) in [7, 11) is -3.63. The Morgan fingerprint density at radius 1 is 1.35 bits per heavy atom. The molecule has 1 aliphatic rings. The van der Waals surface area contributed by atoms with Crippen molar-refractivity contribution in [2.24, 2.45) is 5.92 Å². The van der Waals surface area contributed by atoms with Gasteiger partial charge in [-0.3, -0.25) is 9.89 Å². The van der Waals surface area contributed by atoms with Crippen LogP contribution in [-0.4, -0.2) is 47.5 Å². The predicted molar refractivity (Wildman–Crippen MR) is 87.4 cm³/mol. The Morgan fingerprint density at radius 2 is 2.00 bits per heavy atom. The van der Waals surface area contributed by atoms with E-state index >= 15 is 0 Å². The first-order valence-corrected chi connectivity index (χ1v) is 9.30. The summed E-state index contributed by atoms with van der Waals surface area (Å²) in [4.78, 5) is 12.6. The van der Waals surface area contributed by atoms with Gasteiger partial charge in [-0.15, -0.1) is 0 Å². The van der Waals surface area contributed by atoms with Gasteiger partial charge < -0.3 is 5.32 Å². The van der Waals surface area contributed by atoms with E-state index in [0.717, 1.165) is 0 Å². The van der Waals surface area contributed by atoms with Crippen LogP contribution in [0.3, 0.4) is 0 Å². The van der Waals surface area contributed by atoms with Crippen LogP contribution in [0.25, 0.3) is 0 Å². The zero-order valence-corrected chi connectivity index (χ0v) is 15.2. The molecule has 0 radical (unpaired) electrons. The zero-order valence-electron chi connectivity index (χ0n) is 14.4. The predicted octanol–water partition coefficient (Wildman–Crippen LogP) is 1.34. The molecule has 1 aliphatic heterocycles. The number of hydrogen-bond donors (Lipinski definition) is 2. The number of aromatic nitrogens is 2. The molecule has 23 heavy (non-hydrogen) atoms. The van der Waals surface area contributed by atoms with Crippen LogP contribution in [0, 0.1) is 19.8 Å². The van der Waals surface area contributed by atoms with Gasteiger partial charge in [0.15, 0.2) is 0 Å². The first-order valence-electron chi connectivity index (χ1n) is 7.86. The highest BCUT2D eigenvalue weighted by atomic mass is 32.2. The fourth-order valence-electron chi connectivity index (χ4n) is 2.90. The normalized spacial score (nSPS) is 20.5. The van der Waals surface area contributed by atoms with Gasteiger partial charge in [0.05, 0.1) is 17.3 Å². The molecule has 1 aromatic rings. The fraction of sp³-hybridized carbons (Fsp3) is 0.733. The zero-order chi connectivity index (χ0) is 17.4. The highest BCUT2D eigenvalue weighted by Crippen LogP contribution is 2.27. The topological polar surface area (TPSA) is 95.2 Å². The van der Waals surface area contributed by atoms with Crippen LogP contribution < -0.4 is 5.32 Å². The van der Waals surface area contributed by atoms with Crippen LogP contribution in [0.2, 0.25) is 0 Å². The summed E-state index contributed by atoms with van der Waals surface area (Å²) in [6.45, 7) is 9.77. The van der Waals surface area contributed by atoms with Crippen molar-refractivity contribution in [2.75, 3.05) is 13.1 Å². The third-order valence-corrected chi connectivity index (χ3v) is 6.04. The third-order valence-electron chi connectivity index (χ3n) is 3.91. The number of aryl methyl sites for hydroxylation is 2. The Labute approximate surface area is 137 Å². The molecule has 0 spiro atoms. The summed E-state index contributed by atoms with van der Waals surface area (Å²) >= 11 is 0. The molecule has 1 saturated heterocycles. The van der Waals surface area contributed by atoms with Crippen molar-refractivity contribution in [1.82, 2.24) is 19.8 Å². The first-order chi connectivity index (χ1) is 10.5. The van der Waals surface area contributed by atoms with Gasteiger partial charge in [-0.05, 0) is 47.5 Å². The molecular formula is C15H26N4O3S.